The number of anilines is 1. The van der Waals surface area contributed by atoms with Gasteiger partial charge in [0.2, 0.25) is 11.9 Å². The Morgan fingerprint density at radius 2 is 1.90 bits per heavy atom. The maximum absolute atomic E-state index is 12.6. The number of hydrogen-bond acceptors (Lipinski definition) is 8. The number of rotatable bonds is 5. The van der Waals surface area contributed by atoms with Gasteiger partial charge in [0.25, 0.3) is 0 Å². The number of carbonyl (C=O) groups is 1. The minimum atomic E-state index is -3.71. The summed E-state index contributed by atoms with van der Waals surface area (Å²) in [5, 5.41) is 0. The summed E-state index contributed by atoms with van der Waals surface area (Å²) in [5.41, 5.74) is 2.03. The highest BCUT2D eigenvalue weighted by atomic mass is 32.2. The summed E-state index contributed by atoms with van der Waals surface area (Å²) in [4.78, 5) is 25.4. The molecule has 0 saturated carbocycles. The summed E-state index contributed by atoms with van der Waals surface area (Å²) in [6, 6.07) is 6.05. The van der Waals surface area contributed by atoms with Crippen LogP contribution >= 0.6 is 0 Å². The second-order valence-electron chi connectivity index (χ2n) is 7.25. The Balaban J connectivity index is 1.36. The van der Waals surface area contributed by atoms with Gasteiger partial charge in [-0.05, 0) is 24.3 Å². The SMILES string of the molecule is COc1ccc(S(=O)(=O)CC(=O)N2CCN(c3ncc4c(n3)CCOC4)CC2)cc1. The van der Waals surface area contributed by atoms with Crippen LogP contribution in [0, 0.1) is 0 Å². The summed E-state index contributed by atoms with van der Waals surface area (Å²) < 4.78 is 35.6. The molecule has 10 heteroatoms. The van der Waals surface area contributed by atoms with Crippen molar-refractivity contribution in [1.29, 1.82) is 0 Å². The monoisotopic (exact) mass is 432 g/mol. The third-order valence-electron chi connectivity index (χ3n) is 5.33. The van der Waals surface area contributed by atoms with Crippen molar-refractivity contribution < 1.29 is 22.7 Å². The molecule has 1 amide bonds. The quantitative estimate of drug-likeness (QED) is 0.680. The molecule has 4 rings (SSSR count). The molecule has 3 heterocycles. The van der Waals surface area contributed by atoms with Gasteiger partial charge in [0.15, 0.2) is 9.84 Å². The van der Waals surface area contributed by atoms with Crippen LogP contribution in [0.4, 0.5) is 5.95 Å². The first-order valence-corrected chi connectivity index (χ1v) is 11.4. The fraction of sp³-hybridized carbons (Fsp3) is 0.450. The number of fused-ring (bicyclic) bond motifs is 1. The van der Waals surface area contributed by atoms with E-state index in [1.165, 1.54) is 19.2 Å². The van der Waals surface area contributed by atoms with Crippen molar-refractivity contribution in [3.05, 3.63) is 41.7 Å². The van der Waals surface area contributed by atoms with E-state index in [1.807, 2.05) is 4.90 Å². The van der Waals surface area contributed by atoms with Crippen LogP contribution in [0.15, 0.2) is 35.4 Å². The van der Waals surface area contributed by atoms with E-state index >= 15 is 0 Å². The molecular formula is C20H24N4O5S. The van der Waals surface area contributed by atoms with E-state index < -0.39 is 21.5 Å². The van der Waals surface area contributed by atoms with E-state index in [4.69, 9.17) is 9.47 Å². The summed E-state index contributed by atoms with van der Waals surface area (Å²) in [5.74, 6) is 0.269. The van der Waals surface area contributed by atoms with Crippen molar-refractivity contribution in [2.24, 2.45) is 0 Å². The zero-order chi connectivity index (χ0) is 21.1. The number of hydrogen-bond donors (Lipinski definition) is 0. The van der Waals surface area contributed by atoms with Crippen molar-refractivity contribution in [3.8, 4) is 5.75 Å². The Morgan fingerprint density at radius 3 is 2.60 bits per heavy atom. The number of ether oxygens (including phenoxy) is 2. The van der Waals surface area contributed by atoms with Crippen molar-refractivity contribution in [3.63, 3.8) is 0 Å². The van der Waals surface area contributed by atoms with E-state index in [9.17, 15) is 13.2 Å². The molecule has 0 aliphatic carbocycles. The van der Waals surface area contributed by atoms with Gasteiger partial charge in [-0.2, -0.15) is 0 Å². The van der Waals surface area contributed by atoms with Gasteiger partial charge in [0, 0.05) is 44.4 Å². The zero-order valence-corrected chi connectivity index (χ0v) is 17.6. The summed E-state index contributed by atoms with van der Waals surface area (Å²) in [7, 11) is -2.20. The molecule has 9 nitrogen and oxygen atoms in total. The topological polar surface area (TPSA) is 102 Å². The molecule has 0 atom stereocenters. The molecule has 2 aliphatic heterocycles. The predicted octanol–water partition coefficient (Wildman–Crippen LogP) is 0.680. The maximum atomic E-state index is 12.6. The number of nitrogens with zero attached hydrogens (tertiary/aromatic N) is 4. The first-order valence-electron chi connectivity index (χ1n) is 9.78. The van der Waals surface area contributed by atoms with Crippen molar-refractivity contribution in [2.45, 2.75) is 17.9 Å². The van der Waals surface area contributed by atoms with Crippen molar-refractivity contribution >= 4 is 21.7 Å². The third kappa shape index (κ3) is 4.39. The van der Waals surface area contributed by atoms with E-state index in [0.29, 0.717) is 51.1 Å². The summed E-state index contributed by atoms with van der Waals surface area (Å²) in [6.45, 7) is 3.18. The fourth-order valence-electron chi connectivity index (χ4n) is 3.55. The molecule has 0 unspecified atom stereocenters. The molecule has 2 aromatic rings. The van der Waals surface area contributed by atoms with E-state index in [2.05, 4.69) is 9.97 Å². The minimum absolute atomic E-state index is 0.113. The van der Waals surface area contributed by atoms with Gasteiger partial charge in [0.1, 0.15) is 11.5 Å². The van der Waals surface area contributed by atoms with Crippen LogP contribution in [0.2, 0.25) is 0 Å². The third-order valence-corrected chi connectivity index (χ3v) is 6.95. The molecule has 1 fully saturated rings. The highest BCUT2D eigenvalue weighted by Crippen LogP contribution is 2.20. The Kier molecular flexibility index (Phi) is 5.87. The van der Waals surface area contributed by atoms with Gasteiger partial charge < -0.3 is 19.3 Å². The van der Waals surface area contributed by atoms with Crippen LogP contribution in [0.5, 0.6) is 5.75 Å². The fourth-order valence-corrected chi connectivity index (χ4v) is 4.77. The van der Waals surface area contributed by atoms with Gasteiger partial charge >= 0.3 is 0 Å². The largest absolute Gasteiger partial charge is 0.497 e. The molecule has 0 radical (unpaired) electrons. The number of methoxy groups -OCH3 is 1. The van der Waals surface area contributed by atoms with Crippen LogP contribution in [-0.4, -0.2) is 74.8 Å². The number of carbonyl (C=O) groups excluding carboxylic acids is 1. The lowest BCUT2D eigenvalue weighted by molar-refractivity contribution is -0.128. The second kappa shape index (κ2) is 8.57. The minimum Gasteiger partial charge on any atom is -0.497 e. The van der Waals surface area contributed by atoms with Gasteiger partial charge in [-0.25, -0.2) is 18.4 Å². The van der Waals surface area contributed by atoms with Gasteiger partial charge in [-0.1, -0.05) is 0 Å². The number of aromatic nitrogens is 2. The summed E-state index contributed by atoms with van der Waals surface area (Å²) in [6.07, 6.45) is 2.57. The Labute approximate surface area is 175 Å². The molecule has 160 valence electrons. The first kappa shape index (κ1) is 20.5. The lowest BCUT2D eigenvalue weighted by Gasteiger charge is -2.35. The Bertz CT molecular complexity index is 1020. The Hall–Kier alpha value is -2.72. The highest BCUT2D eigenvalue weighted by molar-refractivity contribution is 7.92. The summed E-state index contributed by atoms with van der Waals surface area (Å²) >= 11 is 0. The molecular weight excluding hydrogens is 408 g/mol. The smallest absolute Gasteiger partial charge is 0.238 e. The highest BCUT2D eigenvalue weighted by Gasteiger charge is 2.27. The lowest BCUT2D eigenvalue weighted by Crippen LogP contribution is -2.50. The van der Waals surface area contributed by atoms with E-state index in [0.717, 1.165) is 17.7 Å². The van der Waals surface area contributed by atoms with Crippen molar-refractivity contribution in [1.82, 2.24) is 14.9 Å². The normalized spacial score (nSPS) is 16.8. The average molecular weight is 433 g/mol. The molecule has 30 heavy (non-hydrogen) atoms. The average Bonchev–Trinajstić information content (AvgIpc) is 2.78. The number of benzene rings is 1. The number of sulfone groups is 1. The van der Waals surface area contributed by atoms with Gasteiger partial charge in [-0.3, -0.25) is 4.79 Å². The molecule has 0 spiro atoms. The molecule has 1 saturated heterocycles. The zero-order valence-electron chi connectivity index (χ0n) is 16.8. The molecule has 1 aromatic heterocycles. The number of amides is 1. The second-order valence-corrected chi connectivity index (χ2v) is 9.24. The van der Waals surface area contributed by atoms with E-state index in [1.54, 1.807) is 23.2 Å². The van der Waals surface area contributed by atoms with Gasteiger partial charge in [-0.15, -0.1) is 0 Å². The Morgan fingerprint density at radius 1 is 1.17 bits per heavy atom. The standard InChI is InChI=1S/C20H24N4O5S/c1-28-16-2-4-17(5-3-16)30(26,27)14-19(25)23-7-9-24(10-8-23)20-21-12-15-13-29-11-6-18(15)22-20/h2-5,12H,6-11,13-14H2,1H3. The molecule has 2 aliphatic rings. The molecule has 1 aromatic carbocycles. The lowest BCUT2D eigenvalue weighted by atomic mass is 10.1. The van der Waals surface area contributed by atoms with Crippen molar-refractivity contribution in [2.75, 3.05) is 50.5 Å². The van der Waals surface area contributed by atoms with Crippen LogP contribution in [0.25, 0.3) is 0 Å². The van der Waals surface area contributed by atoms with E-state index in [-0.39, 0.29) is 4.90 Å². The first-order chi connectivity index (χ1) is 14.5. The molecule has 0 N–H and O–H groups in total. The van der Waals surface area contributed by atoms with Crippen LogP contribution in [0.3, 0.4) is 0 Å². The number of piperazine rings is 1. The molecule has 0 bridgehead atoms. The predicted molar refractivity (Wildman–Crippen MR) is 109 cm³/mol. The maximum Gasteiger partial charge on any atom is 0.238 e. The van der Waals surface area contributed by atoms with Gasteiger partial charge in [0.05, 0.1) is 30.9 Å². The van der Waals surface area contributed by atoms with Crippen LogP contribution < -0.4 is 9.64 Å². The van der Waals surface area contributed by atoms with Crippen LogP contribution in [-0.2, 0) is 32.4 Å². The van der Waals surface area contributed by atoms with Crippen LogP contribution in [0.1, 0.15) is 11.3 Å².